The maximum Gasteiger partial charge on any atom is 0.271 e. The molecular weight excluding hydrogens is 224 g/mol. The molecule has 4 nitrogen and oxygen atoms in total. The van der Waals surface area contributed by atoms with Gasteiger partial charge in [0.15, 0.2) is 0 Å². The third-order valence-corrected chi connectivity index (χ3v) is 3.28. The van der Waals surface area contributed by atoms with Gasteiger partial charge in [0.05, 0.1) is 10.6 Å². The van der Waals surface area contributed by atoms with Crippen LogP contribution in [0.25, 0.3) is 0 Å². The van der Waals surface area contributed by atoms with Gasteiger partial charge in [-0.2, -0.15) is 0 Å². The molecule has 0 aliphatic carbocycles. The molecule has 0 heterocycles. The lowest BCUT2D eigenvalue weighted by Crippen LogP contribution is -1.95. The molecule has 16 heavy (non-hydrogen) atoms. The van der Waals surface area contributed by atoms with Crippen LogP contribution in [0.2, 0.25) is 0 Å². The number of anilines is 1. The Labute approximate surface area is 99.4 Å². The number of rotatable bonds is 5. The monoisotopic (exact) mass is 240 g/mol. The molecule has 1 aromatic rings. The molecule has 1 aromatic carbocycles. The number of hydrogen-bond donors (Lipinski definition) is 1. The fourth-order valence-electron chi connectivity index (χ4n) is 1.19. The Balaban J connectivity index is 2.64. The molecule has 0 aliphatic heterocycles. The van der Waals surface area contributed by atoms with Crippen molar-refractivity contribution in [3.63, 3.8) is 0 Å². The maximum absolute atomic E-state index is 10.5. The largest absolute Gasteiger partial charge is 0.398 e. The van der Waals surface area contributed by atoms with Gasteiger partial charge in [-0.1, -0.05) is 13.8 Å². The molecule has 0 amide bonds. The fourth-order valence-corrected chi connectivity index (χ4v) is 2.38. The first kappa shape index (κ1) is 12.8. The maximum atomic E-state index is 10.5. The molecule has 5 heteroatoms. The summed E-state index contributed by atoms with van der Waals surface area (Å²) in [5, 5.41) is 10.5. The first-order valence-corrected chi connectivity index (χ1v) is 6.16. The van der Waals surface area contributed by atoms with Crippen LogP contribution in [0.3, 0.4) is 0 Å². The van der Waals surface area contributed by atoms with Crippen LogP contribution >= 0.6 is 11.8 Å². The second-order valence-electron chi connectivity index (χ2n) is 4.01. The van der Waals surface area contributed by atoms with Crippen molar-refractivity contribution in [1.82, 2.24) is 0 Å². The van der Waals surface area contributed by atoms with E-state index in [1.807, 2.05) is 0 Å². The first-order chi connectivity index (χ1) is 7.50. The van der Waals surface area contributed by atoms with Crippen LogP contribution in [0.5, 0.6) is 0 Å². The fraction of sp³-hybridized carbons (Fsp3) is 0.455. The van der Waals surface area contributed by atoms with E-state index in [1.165, 1.54) is 12.1 Å². The highest BCUT2D eigenvalue weighted by Crippen LogP contribution is 2.29. The topological polar surface area (TPSA) is 69.2 Å². The molecule has 0 spiro atoms. The second kappa shape index (κ2) is 5.75. The van der Waals surface area contributed by atoms with E-state index in [9.17, 15) is 10.1 Å². The smallest absolute Gasteiger partial charge is 0.271 e. The molecule has 0 saturated heterocycles. The number of nitro benzene ring substituents is 1. The SMILES string of the molecule is CC(C)CCSc1ccc([N+](=O)[O-])cc1N. The lowest BCUT2D eigenvalue weighted by Gasteiger charge is -2.06. The van der Waals surface area contributed by atoms with Gasteiger partial charge in [-0.3, -0.25) is 10.1 Å². The predicted molar refractivity (Wildman–Crippen MR) is 67.7 cm³/mol. The Morgan fingerprint density at radius 2 is 2.19 bits per heavy atom. The predicted octanol–water partition coefficient (Wildman–Crippen LogP) is 3.32. The number of nitro groups is 1. The average molecular weight is 240 g/mol. The molecule has 88 valence electrons. The third-order valence-electron chi connectivity index (χ3n) is 2.16. The molecular formula is C11H16N2O2S. The minimum atomic E-state index is -0.432. The highest BCUT2D eigenvalue weighted by atomic mass is 32.2. The van der Waals surface area contributed by atoms with E-state index in [-0.39, 0.29) is 5.69 Å². The van der Waals surface area contributed by atoms with Crippen LogP contribution in [0.1, 0.15) is 20.3 Å². The minimum Gasteiger partial charge on any atom is -0.398 e. The summed E-state index contributed by atoms with van der Waals surface area (Å²) >= 11 is 1.65. The van der Waals surface area contributed by atoms with Gasteiger partial charge in [-0.05, 0) is 24.2 Å². The van der Waals surface area contributed by atoms with Crippen LogP contribution in [-0.4, -0.2) is 10.7 Å². The van der Waals surface area contributed by atoms with E-state index in [1.54, 1.807) is 17.8 Å². The number of thioether (sulfide) groups is 1. The van der Waals surface area contributed by atoms with Crippen molar-refractivity contribution in [3.05, 3.63) is 28.3 Å². The van der Waals surface area contributed by atoms with Crippen molar-refractivity contribution in [2.24, 2.45) is 5.92 Å². The van der Waals surface area contributed by atoms with Gasteiger partial charge in [0.2, 0.25) is 0 Å². The molecule has 0 bridgehead atoms. The molecule has 0 aromatic heterocycles. The van der Waals surface area contributed by atoms with E-state index in [0.29, 0.717) is 11.6 Å². The first-order valence-electron chi connectivity index (χ1n) is 5.17. The Morgan fingerprint density at radius 3 is 2.69 bits per heavy atom. The molecule has 0 saturated carbocycles. The van der Waals surface area contributed by atoms with Gasteiger partial charge in [0.25, 0.3) is 5.69 Å². The lowest BCUT2D eigenvalue weighted by molar-refractivity contribution is -0.384. The number of non-ortho nitro benzene ring substituents is 1. The van der Waals surface area contributed by atoms with Gasteiger partial charge in [-0.25, -0.2) is 0 Å². The van der Waals surface area contributed by atoms with E-state index in [2.05, 4.69) is 13.8 Å². The second-order valence-corrected chi connectivity index (χ2v) is 5.15. The normalized spacial score (nSPS) is 10.7. The Hall–Kier alpha value is -1.23. The summed E-state index contributed by atoms with van der Waals surface area (Å²) in [5.74, 6) is 1.64. The van der Waals surface area contributed by atoms with Gasteiger partial charge in [0, 0.05) is 17.0 Å². The molecule has 0 unspecified atom stereocenters. The molecule has 0 radical (unpaired) electrons. The van der Waals surface area contributed by atoms with Crippen LogP contribution in [0.4, 0.5) is 11.4 Å². The summed E-state index contributed by atoms with van der Waals surface area (Å²) in [5.41, 5.74) is 6.29. The van der Waals surface area contributed by atoms with Gasteiger partial charge >= 0.3 is 0 Å². The zero-order valence-corrected chi connectivity index (χ0v) is 10.3. The van der Waals surface area contributed by atoms with Crippen LogP contribution < -0.4 is 5.73 Å². The van der Waals surface area contributed by atoms with Crippen molar-refractivity contribution in [2.45, 2.75) is 25.2 Å². The van der Waals surface area contributed by atoms with Gasteiger partial charge < -0.3 is 5.73 Å². The van der Waals surface area contributed by atoms with Crippen molar-refractivity contribution >= 4 is 23.1 Å². The van der Waals surface area contributed by atoms with E-state index >= 15 is 0 Å². The average Bonchev–Trinajstić information content (AvgIpc) is 2.19. The van der Waals surface area contributed by atoms with Crippen molar-refractivity contribution in [3.8, 4) is 0 Å². The zero-order chi connectivity index (χ0) is 12.1. The highest BCUT2D eigenvalue weighted by Gasteiger charge is 2.08. The number of nitrogen functional groups attached to an aromatic ring is 1. The number of benzene rings is 1. The Bertz CT molecular complexity index is 380. The number of nitrogens with two attached hydrogens (primary N) is 1. The van der Waals surface area contributed by atoms with Crippen LogP contribution in [0, 0.1) is 16.0 Å². The summed E-state index contributed by atoms with van der Waals surface area (Å²) < 4.78 is 0. The standard InChI is InChI=1S/C11H16N2O2S/c1-8(2)5-6-16-11-4-3-9(13(14)15)7-10(11)12/h3-4,7-8H,5-6,12H2,1-2H3. The van der Waals surface area contributed by atoms with E-state index in [0.717, 1.165) is 17.1 Å². The number of hydrogen-bond acceptors (Lipinski definition) is 4. The van der Waals surface area contributed by atoms with Crippen LogP contribution in [0.15, 0.2) is 23.1 Å². The van der Waals surface area contributed by atoms with E-state index in [4.69, 9.17) is 5.73 Å². The Morgan fingerprint density at radius 1 is 1.50 bits per heavy atom. The highest BCUT2D eigenvalue weighted by molar-refractivity contribution is 7.99. The number of nitrogens with zero attached hydrogens (tertiary/aromatic N) is 1. The summed E-state index contributed by atoms with van der Waals surface area (Å²) in [6.07, 6.45) is 1.11. The van der Waals surface area contributed by atoms with Crippen molar-refractivity contribution < 1.29 is 4.92 Å². The lowest BCUT2D eigenvalue weighted by atomic mass is 10.2. The minimum absolute atomic E-state index is 0.0470. The molecule has 0 atom stereocenters. The summed E-state index contributed by atoms with van der Waals surface area (Å²) in [6, 6.07) is 4.63. The molecule has 0 fully saturated rings. The third kappa shape index (κ3) is 3.73. The Kier molecular flexibility index (Phi) is 4.61. The quantitative estimate of drug-likeness (QED) is 0.371. The summed E-state index contributed by atoms with van der Waals surface area (Å²) in [4.78, 5) is 11.0. The summed E-state index contributed by atoms with van der Waals surface area (Å²) in [7, 11) is 0. The molecule has 0 aliphatic rings. The van der Waals surface area contributed by atoms with Gasteiger partial charge in [-0.15, -0.1) is 11.8 Å². The molecule has 1 rings (SSSR count). The van der Waals surface area contributed by atoms with Gasteiger partial charge in [0.1, 0.15) is 0 Å². The van der Waals surface area contributed by atoms with Crippen molar-refractivity contribution in [2.75, 3.05) is 11.5 Å². The van der Waals surface area contributed by atoms with Crippen molar-refractivity contribution in [1.29, 1.82) is 0 Å². The van der Waals surface area contributed by atoms with Crippen LogP contribution in [-0.2, 0) is 0 Å². The van der Waals surface area contributed by atoms with E-state index < -0.39 is 4.92 Å². The summed E-state index contributed by atoms with van der Waals surface area (Å²) in [6.45, 7) is 4.33. The molecule has 2 N–H and O–H groups in total. The zero-order valence-electron chi connectivity index (χ0n) is 9.47.